The van der Waals surface area contributed by atoms with Crippen LogP contribution in [0.1, 0.15) is 27.7 Å². The number of H-pyrrole nitrogens is 1. The molecule has 3 aromatic heterocycles. The summed E-state index contributed by atoms with van der Waals surface area (Å²) in [4.78, 5) is 22.2. The molecule has 6 nitrogen and oxygen atoms in total. The van der Waals surface area contributed by atoms with Gasteiger partial charge < -0.3 is 4.98 Å². The van der Waals surface area contributed by atoms with Crippen LogP contribution in [0, 0.1) is 13.8 Å². The van der Waals surface area contributed by atoms with Crippen molar-refractivity contribution < 1.29 is 0 Å². The molecule has 0 amide bonds. The molecule has 0 unspecified atom stereocenters. The van der Waals surface area contributed by atoms with E-state index in [0.717, 1.165) is 31.9 Å². The van der Waals surface area contributed by atoms with Crippen molar-refractivity contribution in [3.8, 4) is 5.69 Å². The number of hydrogen-bond acceptors (Lipinski definition) is 6. The third-order valence-electron chi connectivity index (χ3n) is 5.35. The summed E-state index contributed by atoms with van der Waals surface area (Å²) in [6.07, 6.45) is 0.679. The Labute approximate surface area is 193 Å². The van der Waals surface area contributed by atoms with Crippen molar-refractivity contribution in [1.82, 2.24) is 24.7 Å². The highest BCUT2D eigenvalue weighted by atomic mass is 32.2. The molecule has 0 radical (unpaired) electrons. The number of para-hydroxylation sites is 1. The van der Waals surface area contributed by atoms with Gasteiger partial charge in [-0.2, -0.15) is 0 Å². The average molecular weight is 460 g/mol. The highest BCUT2D eigenvalue weighted by Gasteiger charge is 2.17. The molecule has 160 valence electrons. The van der Waals surface area contributed by atoms with Crippen molar-refractivity contribution in [2.24, 2.45) is 0 Å². The van der Waals surface area contributed by atoms with E-state index in [0.29, 0.717) is 23.4 Å². The highest BCUT2D eigenvalue weighted by Crippen LogP contribution is 2.28. The lowest BCUT2D eigenvalue weighted by Gasteiger charge is -2.10. The van der Waals surface area contributed by atoms with Crippen molar-refractivity contribution in [1.29, 1.82) is 0 Å². The van der Waals surface area contributed by atoms with Gasteiger partial charge in [0.25, 0.3) is 5.56 Å². The molecule has 0 atom stereocenters. The summed E-state index contributed by atoms with van der Waals surface area (Å²) in [5.74, 6) is 2.00. The van der Waals surface area contributed by atoms with Gasteiger partial charge in [0.1, 0.15) is 16.5 Å². The highest BCUT2D eigenvalue weighted by molar-refractivity contribution is 7.98. The molecule has 0 saturated carbocycles. The number of hydrogen-bond donors (Lipinski definition) is 1. The molecule has 8 heteroatoms. The number of fused-ring (bicyclic) bond motifs is 1. The molecule has 0 bridgehead atoms. The van der Waals surface area contributed by atoms with Crippen LogP contribution in [0.15, 0.2) is 70.6 Å². The van der Waals surface area contributed by atoms with Gasteiger partial charge in [-0.15, -0.1) is 21.5 Å². The SMILES string of the molecule is Cc1sc2nc(CSc3nnc(Cc4ccccc4)n3-c3ccccc3)[nH]c(=O)c2c1C. The first-order valence-electron chi connectivity index (χ1n) is 10.3. The predicted molar refractivity (Wildman–Crippen MR) is 130 cm³/mol. The quantitative estimate of drug-likeness (QED) is 0.359. The van der Waals surface area contributed by atoms with Gasteiger partial charge in [0.2, 0.25) is 0 Å². The van der Waals surface area contributed by atoms with E-state index in [4.69, 9.17) is 4.98 Å². The maximum atomic E-state index is 12.6. The number of aromatic nitrogens is 5. The number of benzene rings is 2. The van der Waals surface area contributed by atoms with Gasteiger partial charge in [-0.3, -0.25) is 9.36 Å². The Balaban J connectivity index is 1.47. The van der Waals surface area contributed by atoms with E-state index in [-0.39, 0.29) is 5.56 Å². The van der Waals surface area contributed by atoms with Crippen molar-refractivity contribution in [3.63, 3.8) is 0 Å². The Morgan fingerprint density at radius 3 is 2.47 bits per heavy atom. The van der Waals surface area contributed by atoms with Gasteiger partial charge in [0.15, 0.2) is 5.16 Å². The van der Waals surface area contributed by atoms with Gasteiger partial charge in [-0.25, -0.2) is 4.98 Å². The number of aryl methyl sites for hydroxylation is 2. The minimum absolute atomic E-state index is 0.0817. The zero-order valence-electron chi connectivity index (χ0n) is 17.7. The molecule has 0 aliphatic heterocycles. The van der Waals surface area contributed by atoms with E-state index < -0.39 is 0 Å². The molecule has 0 aliphatic rings. The molecule has 1 N–H and O–H groups in total. The molecule has 5 aromatic rings. The zero-order valence-corrected chi connectivity index (χ0v) is 19.3. The molecule has 0 spiro atoms. The summed E-state index contributed by atoms with van der Waals surface area (Å²) in [5.41, 5.74) is 3.11. The normalized spacial score (nSPS) is 11.3. The molecule has 5 rings (SSSR count). The molecule has 3 heterocycles. The summed E-state index contributed by atoms with van der Waals surface area (Å²) < 4.78 is 2.08. The maximum Gasteiger partial charge on any atom is 0.259 e. The number of aromatic amines is 1. The zero-order chi connectivity index (χ0) is 22.1. The molecule has 0 fully saturated rings. The Kier molecular flexibility index (Phi) is 5.63. The summed E-state index contributed by atoms with van der Waals surface area (Å²) >= 11 is 3.08. The van der Waals surface area contributed by atoms with Crippen LogP contribution in [0.2, 0.25) is 0 Å². The van der Waals surface area contributed by atoms with E-state index in [9.17, 15) is 4.79 Å². The summed E-state index contributed by atoms with van der Waals surface area (Å²) in [6, 6.07) is 20.3. The monoisotopic (exact) mass is 459 g/mol. The van der Waals surface area contributed by atoms with Crippen molar-refractivity contribution in [3.05, 3.63) is 98.7 Å². The van der Waals surface area contributed by atoms with E-state index in [1.165, 1.54) is 17.3 Å². The summed E-state index contributed by atoms with van der Waals surface area (Å²) in [6.45, 7) is 3.99. The second kappa shape index (κ2) is 8.72. The molecule has 2 aromatic carbocycles. The minimum atomic E-state index is -0.0817. The van der Waals surface area contributed by atoms with Crippen LogP contribution < -0.4 is 5.56 Å². The first-order valence-corrected chi connectivity index (χ1v) is 12.1. The van der Waals surface area contributed by atoms with Gasteiger partial charge in [-0.1, -0.05) is 60.3 Å². The maximum absolute atomic E-state index is 12.6. The van der Waals surface area contributed by atoms with Crippen LogP contribution >= 0.6 is 23.1 Å². The topological polar surface area (TPSA) is 76.5 Å². The van der Waals surface area contributed by atoms with Crippen LogP contribution in [-0.4, -0.2) is 24.7 Å². The molecular weight excluding hydrogens is 438 g/mol. The van der Waals surface area contributed by atoms with Crippen LogP contribution in [0.25, 0.3) is 15.9 Å². The van der Waals surface area contributed by atoms with Gasteiger partial charge in [-0.05, 0) is 37.1 Å². The third kappa shape index (κ3) is 3.99. The Morgan fingerprint density at radius 2 is 1.72 bits per heavy atom. The lowest BCUT2D eigenvalue weighted by Crippen LogP contribution is -2.11. The number of thioether (sulfide) groups is 1. The number of nitrogens with zero attached hydrogens (tertiary/aromatic N) is 4. The van der Waals surface area contributed by atoms with Crippen molar-refractivity contribution in [2.75, 3.05) is 0 Å². The Morgan fingerprint density at radius 1 is 1.00 bits per heavy atom. The lowest BCUT2D eigenvalue weighted by molar-refractivity contribution is 0.846. The largest absolute Gasteiger partial charge is 0.309 e. The fourth-order valence-corrected chi connectivity index (χ4v) is 5.51. The average Bonchev–Trinajstić information content (AvgIpc) is 3.33. The van der Waals surface area contributed by atoms with Gasteiger partial charge >= 0.3 is 0 Å². The van der Waals surface area contributed by atoms with Crippen LogP contribution in [0.5, 0.6) is 0 Å². The van der Waals surface area contributed by atoms with E-state index in [1.54, 1.807) is 11.3 Å². The van der Waals surface area contributed by atoms with Crippen molar-refractivity contribution in [2.45, 2.75) is 31.2 Å². The molecule has 0 saturated heterocycles. The first-order chi connectivity index (χ1) is 15.6. The van der Waals surface area contributed by atoms with Crippen LogP contribution in [-0.2, 0) is 12.2 Å². The molecular formula is C24H21N5OS2. The van der Waals surface area contributed by atoms with Crippen molar-refractivity contribution >= 4 is 33.3 Å². The number of rotatable bonds is 6. The predicted octanol–water partition coefficient (Wildman–Crippen LogP) is 5.07. The standard InChI is InChI=1S/C24H21N5OS2/c1-15-16(2)32-23-21(15)22(30)25-19(26-23)14-31-24-28-27-20(13-17-9-5-3-6-10-17)29(24)18-11-7-4-8-12-18/h3-12H,13-14H2,1-2H3,(H,25,26,30). The van der Waals surface area contributed by atoms with Crippen LogP contribution in [0.3, 0.4) is 0 Å². The Bertz CT molecular complexity index is 1440. The van der Waals surface area contributed by atoms with Gasteiger partial charge in [0.05, 0.1) is 11.1 Å². The van der Waals surface area contributed by atoms with Crippen LogP contribution in [0.4, 0.5) is 0 Å². The summed E-state index contributed by atoms with van der Waals surface area (Å²) in [5, 5.41) is 10.4. The second-order valence-electron chi connectivity index (χ2n) is 7.50. The minimum Gasteiger partial charge on any atom is -0.309 e. The lowest BCUT2D eigenvalue weighted by atomic mass is 10.1. The smallest absolute Gasteiger partial charge is 0.259 e. The van der Waals surface area contributed by atoms with E-state index in [1.807, 2.05) is 62.4 Å². The number of nitrogens with one attached hydrogen (secondary N) is 1. The molecule has 32 heavy (non-hydrogen) atoms. The van der Waals surface area contributed by atoms with Gasteiger partial charge in [0, 0.05) is 17.0 Å². The first kappa shape index (κ1) is 20.7. The molecule has 0 aliphatic carbocycles. The Hall–Kier alpha value is -3.23. The fourth-order valence-electron chi connectivity index (χ4n) is 3.62. The third-order valence-corrected chi connectivity index (χ3v) is 7.39. The van der Waals surface area contributed by atoms with E-state index >= 15 is 0 Å². The number of thiophene rings is 1. The fraction of sp³-hybridized carbons (Fsp3) is 0.167. The second-order valence-corrected chi connectivity index (χ2v) is 9.64. The van der Waals surface area contributed by atoms with E-state index in [2.05, 4.69) is 31.9 Å². The summed E-state index contributed by atoms with van der Waals surface area (Å²) in [7, 11) is 0.